The predicted molar refractivity (Wildman–Crippen MR) is 31.2 cm³/mol. The maximum Gasteiger partial charge on any atom is 0.139 e. The molecule has 39 valence electrons. The molecule has 1 unspecified atom stereocenters. The summed E-state index contributed by atoms with van der Waals surface area (Å²) in [5.41, 5.74) is 0.167. The van der Waals surface area contributed by atoms with Crippen LogP contribution in [0.5, 0.6) is 0 Å². The van der Waals surface area contributed by atoms with E-state index in [1.54, 1.807) is 31.0 Å². The van der Waals surface area contributed by atoms with Crippen LogP contribution in [0.2, 0.25) is 0 Å². The average molecular weight is 116 g/mol. The van der Waals surface area contributed by atoms with E-state index >= 15 is 0 Å². The Hall–Kier alpha value is -0.0200. The third-order valence-corrected chi connectivity index (χ3v) is 1.52. The van der Waals surface area contributed by atoms with Crippen LogP contribution in [0.3, 0.4) is 0 Å². The summed E-state index contributed by atoms with van der Waals surface area (Å²) in [7, 11) is 1.67. The van der Waals surface area contributed by atoms with Gasteiger partial charge in [-0.05, 0) is 0 Å². The van der Waals surface area contributed by atoms with Gasteiger partial charge in [0.2, 0.25) is 0 Å². The second kappa shape index (κ2) is 2.33. The Morgan fingerprint density at radius 2 is 2.71 bits per heavy atom. The van der Waals surface area contributed by atoms with Crippen LogP contribution in [0, 0.1) is 5.88 Å². The summed E-state index contributed by atoms with van der Waals surface area (Å²) in [6.45, 7) is 0. The molecule has 0 aromatic heterocycles. The lowest BCUT2D eigenvalue weighted by Crippen LogP contribution is -2.00. The van der Waals surface area contributed by atoms with E-state index in [-0.39, 0.29) is 5.44 Å². The van der Waals surface area contributed by atoms with E-state index in [0.717, 1.165) is 0 Å². The Kier molecular flexibility index (Phi) is 1.70. The fourth-order valence-electron chi connectivity index (χ4n) is 0.352. The summed E-state index contributed by atoms with van der Waals surface area (Å²) in [5, 5.41) is 0. The van der Waals surface area contributed by atoms with Crippen molar-refractivity contribution in [1.29, 1.82) is 0 Å². The standard InChI is InChI=1S/C4H6NOS/c1-6-4-2-5-3-7-4/h2-4H,1H3. The molecule has 0 saturated carbocycles. The largest absolute Gasteiger partial charge is 0.365 e. The van der Waals surface area contributed by atoms with E-state index in [2.05, 4.69) is 4.99 Å². The first-order valence-corrected chi connectivity index (χ1v) is 2.91. The minimum atomic E-state index is 0.167. The average Bonchev–Trinajstić information content (AvgIpc) is 2.14. The van der Waals surface area contributed by atoms with Crippen molar-refractivity contribution < 1.29 is 4.74 Å². The van der Waals surface area contributed by atoms with Gasteiger partial charge in [-0.2, -0.15) is 0 Å². The van der Waals surface area contributed by atoms with Crippen LogP contribution in [0.15, 0.2) is 4.99 Å². The Labute approximate surface area is 47.0 Å². The van der Waals surface area contributed by atoms with Gasteiger partial charge in [0.1, 0.15) is 11.3 Å². The summed E-state index contributed by atoms with van der Waals surface area (Å²) in [4.78, 5) is 3.82. The number of thioether (sulfide) groups is 1. The van der Waals surface area contributed by atoms with Crippen molar-refractivity contribution in [3.63, 3.8) is 0 Å². The van der Waals surface area contributed by atoms with Gasteiger partial charge in [0.25, 0.3) is 0 Å². The smallest absolute Gasteiger partial charge is 0.139 e. The van der Waals surface area contributed by atoms with Crippen LogP contribution in [0.4, 0.5) is 0 Å². The highest BCUT2D eigenvalue weighted by atomic mass is 32.2. The molecule has 0 aromatic carbocycles. The predicted octanol–water partition coefficient (Wildman–Crippen LogP) is 0.896. The molecule has 1 radical (unpaired) electrons. The van der Waals surface area contributed by atoms with Gasteiger partial charge < -0.3 is 4.74 Å². The summed E-state index contributed by atoms with van der Waals surface area (Å²) in [6, 6.07) is 0. The molecule has 0 saturated heterocycles. The van der Waals surface area contributed by atoms with Crippen LogP contribution in [-0.4, -0.2) is 18.8 Å². The van der Waals surface area contributed by atoms with Crippen molar-refractivity contribution in [2.75, 3.05) is 7.11 Å². The molecule has 1 aliphatic heterocycles. The molecule has 1 atom stereocenters. The molecule has 0 aliphatic carbocycles. The second-order valence-electron chi connectivity index (χ2n) is 1.14. The van der Waals surface area contributed by atoms with Crippen molar-refractivity contribution in [1.82, 2.24) is 0 Å². The van der Waals surface area contributed by atoms with Gasteiger partial charge in [-0.1, -0.05) is 11.8 Å². The molecule has 1 aliphatic rings. The lowest BCUT2D eigenvalue weighted by atomic mass is 10.8. The number of nitrogens with zero attached hydrogens (tertiary/aromatic N) is 1. The number of ether oxygens (including phenoxy) is 1. The zero-order valence-corrected chi connectivity index (χ0v) is 4.81. The minimum Gasteiger partial charge on any atom is -0.365 e. The molecule has 1 heterocycles. The van der Waals surface area contributed by atoms with Crippen molar-refractivity contribution >= 4 is 18.0 Å². The zero-order valence-electron chi connectivity index (χ0n) is 4.00. The molecule has 0 aromatic rings. The fourth-order valence-corrected chi connectivity index (χ4v) is 0.864. The monoisotopic (exact) mass is 116 g/mol. The highest BCUT2D eigenvalue weighted by Gasteiger charge is 2.07. The first-order chi connectivity index (χ1) is 3.43. The van der Waals surface area contributed by atoms with E-state index < -0.39 is 0 Å². The molecular formula is C4H6NOS. The number of hydrogen-bond donors (Lipinski definition) is 0. The van der Waals surface area contributed by atoms with Gasteiger partial charge in [-0.15, -0.1) is 0 Å². The first kappa shape index (κ1) is 5.12. The van der Waals surface area contributed by atoms with E-state index in [9.17, 15) is 0 Å². The van der Waals surface area contributed by atoms with Gasteiger partial charge >= 0.3 is 0 Å². The van der Waals surface area contributed by atoms with E-state index in [4.69, 9.17) is 4.74 Å². The molecule has 3 heteroatoms. The number of hydrogen-bond acceptors (Lipinski definition) is 3. The van der Waals surface area contributed by atoms with Crippen LogP contribution in [-0.2, 0) is 4.74 Å². The number of rotatable bonds is 1. The Balaban J connectivity index is 2.28. The third-order valence-electron chi connectivity index (χ3n) is 0.696. The maximum atomic E-state index is 4.89. The molecule has 1 rings (SSSR count). The Morgan fingerprint density at radius 3 is 3.00 bits per heavy atom. The fraction of sp³-hybridized carbons (Fsp3) is 0.500. The van der Waals surface area contributed by atoms with Gasteiger partial charge in [-0.3, -0.25) is 4.99 Å². The van der Waals surface area contributed by atoms with Crippen LogP contribution >= 0.6 is 11.8 Å². The third kappa shape index (κ3) is 1.17. The SMILES string of the molecule is COC1C=N[CH]S1. The first-order valence-electron chi connectivity index (χ1n) is 1.97. The summed E-state index contributed by atoms with van der Waals surface area (Å²) in [5.74, 6) is 1.77. The lowest BCUT2D eigenvalue weighted by Gasteiger charge is -1.97. The molecule has 0 N–H and O–H groups in total. The summed E-state index contributed by atoms with van der Waals surface area (Å²) >= 11 is 1.57. The van der Waals surface area contributed by atoms with Gasteiger partial charge in [0.15, 0.2) is 0 Å². The molecular weight excluding hydrogens is 110 g/mol. The van der Waals surface area contributed by atoms with Gasteiger partial charge in [0.05, 0.1) is 0 Å². The second-order valence-corrected chi connectivity index (χ2v) is 2.09. The van der Waals surface area contributed by atoms with Crippen molar-refractivity contribution in [3.05, 3.63) is 5.88 Å². The summed E-state index contributed by atoms with van der Waals surface area (Å²) in [6.07, 6.45) is 1.77. The van der Waals surface area contributed by atoms with E-state index in [1.165, 1.54) is 0 Å². The highest BCUT2D eigenvalue weighted by Crippen LogP contribution is 2.19. The van der Waals surface area contributed by atoms with Crippen LogP contribution < -0.4 is 0 Å². The molecule has 7 heavy (non-hydrogen) atoms. The minimum absolute atomic E-state index is 0.167. The normalized spacial score (nSPS) is 29.0. The molecule has 0 spiro atoms. The maximum absolute atomic E-state index is 4.89. The number of aliphatic imine (C=N–C) groups is 1. The molecule has 0 amide bonds. The van der Waals surface area contributed by atoms with Crippen LogP contribution in [0.1, 0.15) is 0 Å². The van der Waals surface area contributed by atoms with E-state index in [0.29, 0.717) is 0 Å². The topological polar surface area (TPSA) is 21.6 Å². The zero-order chi connectivity index (χ0) is 5.11. The molecule has 2 nitrogen and oxygen atoms in total. The number of methoxy groups -OCH3 is 1. The van der Waals surface area contributed by atoms with Crippen LogP contribution in [0.25, 0.3) is 0 Å². The molecule has 0 bridgehead atoms. The van der Waals surface area contributed by atoms with Gasteiger partial charge in [-0.25, -0.2) is 0 Å². The molecule has 0 fully saturated rings. The lowest BCUT2D eigenvalue weighted by molar-refractivity contribution is 0.225. The Bertz CT molecular complexity index is 83.8. The summed E-state index contributed by atoms with van der Waals surface area (Å²) < 4.78 is 4.89. The quantitative estimate of drug-likeness (QED) is 0.507. The van der Waals surface area contributed by atoms with Crippen molar-refractivity contribution in [2.24, 2.45) is 4.99 Å². The Morgan fingerprint density at radius 1 is 1.86 bits per heavy atom. The van der Waals surface area contributed by atoms with Crippen molar-refractivity contribution in [3.8, 4) is 0 Å². The highest BCUT2D eigenvalue weighted by molar-refractivity contribution is 8.02. The van der Waals surface area contributed by atoms with Crippen molar-refractivity contribution in [2.45, 2.75) is 5.44 Å². The van der Waals surface area contributed by atoms with E-state index in [1.807, 2.05) is 0 Å². The van der Waals surface area contributed by atoms with Gasteiger partial charge in [0, 0.05) is 13.3 Å².